The highest BCUT2D eigenvalue weighted by atomic mass is 79.9. The summed E-state index contributed by atoms with van der Waals surface area (Å²) in [6.45, 7) is 0. The van der Waals surface area contributed by atoms with Gasteiger partial charge in [0.15, 0.2) is 0 Å². The first kappa shape index (κ1) is 15.0. The van der Waals surface area contributed by atoms with Crippen molar-refractivity contribution < 1.29 is 13.9 Å². The number of halogens is 3. The molecule has 1 N–H and O–H groups in total. The molecule has 0 aliphatic heterocycles. The van der Waals surface area contributed by atoms with Crippen molar-refractivity contribution in [2.75, 3.05) is 12.4 Å². The van der Waals surface area contributed by atoms with E-state index < -0.39 is 11.7 Å². The zero-order valence-corrected chi connectivity index (χ0v) is 13.6. The molecule has 0 atom stereocenters. The minimum Gasteiger partial charge on any atom is -0.495 e. The van der Waals surface area contributed by atoms with Crippen LogP contribution in [-0.2, 0) is 0 Å². The van der Waals surface area contributed by atoms with E-state index in [0.717, 1.165) is 4.47 Å². The predicted octanol–water partition coefficient (Wildman–Crippen LogP) is 4.61. The second kappa shape index (κ2) is 6.37. The van der Waals surface area contributed by atoms with E-state index in [1.165, 1.54) is 19.2 Å². The van der Waals surface area contributed by atoms with Crippen molar-refractivity contribution in [3.8, 4) is 5.75 Å². The van der Waals surface area contributed by atoms with E-state index >= 15 is 0 Å². The summed E-state index contributed by atoms with van der Waals surface area (Å²) in [4.78, 5) is 12.0. The summed E-state index contributed by atoms with van der Waals surface area (Å²) in [5.41, 5.74) is 0.507. The zero-order chi connectivity index (χ0) is 14.7. The summed E-state index contributed by atoms with van der Waals surface area (Å²) in [5, 5.41) is 2.63. The fraction of sp³-hybridized carbons (Fsp3) is 0.0714. The number of hydrogen-bond acceptors (Lipinski definition) is 2. The molecule has 2 aromatic carbocycles. The molecule has 0 aliphatic rings. The molecule has 1 amide bonds. The van der Waals surface area contributed by atoms with Crippen molar-refractivity contribution in [2.45, 2.75) is 0 Å². The van der Waals surface area contributed by atoms with Gasteiger partial charge >= 0.3 is 0 Å². The van der Waals surface area contributed by atoms with Crippen LogP contribution in [0.3, 0.4) is 0 Å². The van der Waals surface area contributed by atoms with Gasteiger partial charge in [-0.05, 0) is 46.3 Å². The monoisotopic (exact) mass is 401 g/mol. The minimum atomic E-state index is -0.582. The second-order valence-corrected chi connectivity index (χ2v) is 5.70. The van der Waals surface area contributed by atoms with Crippen LogP contribution in [0.25, 0.3) is 0 Å². The van der Waals surface area contributed by atoms with Gasteiger partial charge in [0.25, 0.3) is 5.91 Å². The first-order chi connectivity index (χ1) is 9.51. The Kier molecular flexibility index (Phi) is 4.77. The van der Waals surface area contributed by atoms with E-state index in [0.29, 0.717) is 15.9 Å². The van der Waals surface area contributed by atoms with Crippen molar-refractivity contribution in [3.63, 3.8) is 0 Å². The molecule has 0 aliphatic carbocycles. The van der Waals surface area contributed by atoms with E-state index in [2.05, 4.69) is 37.2 Å². The Labute approximate surface area is 132 Å². The molecule has 0 saturated heterocycles. The molecule has 2 rings (SSSR count). The third-order valence-corrected chi connectivity index (χ3v) is 3.73. The van der Waals surface area contributed by atoms with Gasteiger partial charge in [-0.3, -0.25) is 4.79 Å². The topological polar surface area (TPSA) is 38.3 Å². The number of carbonyl (C=O) groups is 1. The standard InChI is InChI=1S/C14H10Br2FNO2/c1-20-13-7-9(3-5-11(13)16)18-14(19)10-4-2-8(15)6-12(10)17/h2-7H,1H3,(H,18,19). The molecule has 2 aromatic rings. The zero-order valence-electron chi connectivity index (χ0n) is 10.4. The number of benzene rings is 2. The van der Waals surface area contributed by atoms with Crippen LogP contribution in [0.2, 0.25) is 0 Å². The fourth-order valence-electron chi connectivity index (χ4n) is 1.61. The molecule has 0 bridgehead atoms. The van der Waals surface area contributed by atoms with Gasteiger partial charge in [-0.15, -0.1) is 0 Å². The number of amides is 1. The Bertz CT molecular complexity index is 662. The van der Waals surface area contributed by atoms with Gasteiger partial charge in [0.2, 0.25) is 0 Å². The first-order valence-corrected chi connectivity index (χ1v) is 7.20. The van der Waals surface area contributed by atoms with E-state index in [1.807, 2.05) is 0 Å². The molecule has 0 heterocycles. The summed E-state index contributed by atoms with van der Waals surface area (Å²) in [6.07, 6.45) is 0. The molecule has 3 nitrogen and oxygen atoms in total. The van der Waals surface area contributed by atoms with Gasteiger partial charge in [0, 0.05) is 16.2 Å². The Morgan fingerprint density at radius 3 is 2.60 bits per heavy atom. The van der Waals surface area contributed by atoms with E-state index in [-0.39, 0.29) is 5.56 Å². The molecule has 0 radical (unpaired) electrons. The molecule has 0 saturated carbocycles. The van der Waals surface area contributed by atoms with Crippen LogP contribution in [-0.4, -0.2) is 13.0 Å². The minimum absolute atomic E-state index is 0.0184. The van der Waals surface area contributed by atoms with Crippen molar-refractivity contribution in [2.24, 2.45) is 0 Å². The Morgan fingerprint density at radius 2 is 1.95 bits per heavy atom. The Balaban J connectivity index is 2.23. The van der Waals surface area contributed by atoms with Crippen molar-refractivity contribution in [3.05, 3.63) is 56.7 Å². The second-order valence-electron chi connectivity index (χ2n) is 3.93. The summed E-state index contributed by atoms with van der Waals surface area (Å²) in [7, 11) is 1.53. The highest BCUT2D eigenvalue weighted by molar-refractivity contribution is 9.10. The van der Waals surface area contributed by atoms with Crippen LogP contribution in [0.1, 0.15) is 10.4 Å². The molecule has 0 aromatic heterocycles. The molecule has 104 valence electrons. The number of hydrogen-bond donors (Lipinski definition) is 1. The Morgan fingerprint density at radius 1 is 1.20 bits per heavy atom. The maximum Gasteiger partial charge on any atom is 0.258 e. The maximum absolute atomic E-state index is 13.7. The summed E-state index contributed by atoms with van der Waals surface area (Å²) in [5.74, 6) is -0.514. The number of nitrogens with one attached hydrogen (secondary N) is 1. The Hall–Kier alpha value is -1.40. The molecule has 0 fully saturated rings. The largest absolute Gasteiger partial charge is 0.495 e. The van der Waals surface area contributed by atoms with Gasteiger partial charge in [-0.1, -0.05) is 15.9 Å². The molecule has 0 unspecified atom stereocenters. The third-order valence-electron chi connectivity index (χ3n) is 2.58. The maximum atomic E-state index is 13.7. The van der Waals surface area contributed by atoms with Gasteiger partial charge in [-0.25, -0.2) is 4.39 Å². The fourth-order valence-corrected chi connectivity index (χ4v) is 2.35. The van der Waals surface area contributed by atoms with Crippen molar-refractivity contribution in [1.29, 1.82) is 0 Å². The lowest BCUT2D eigenvalue weighted by Crippen LogP contribution is -2.13. The third kappa shape index (κ3) is 3.37. The quantitative estimate of drug-likeness (QED) is 0.813. The van der Waals surface area contributed by atoms with Crippen LogP contribution in [0, 0.1) is 5.82 Å². The highest BCUT2D eigenvalue weighted by Gasteiger charge is 2.13. The van der Waals surface area contributed by atoms with E-state index in [1.54, 1.807) is 24.3 Å². The van der Waals surface area contributed by atoms with Gasteiger partial charge in [0.05, 0.1) is 17.1 Å². The normalized spacial score (nSPS) is 10.2. The van der Waals surface area contributed by atoms with E-state index in [4.69, 9.17) is 4.74 Å². The van der Waals surface area contributed by atoms with Crippen LogP contribution >= 0.6 is 31.9 Å². The smallest absolute Gasteiger partial charge is 0.258 e. The summed E-state index contributed by atoms with van der Waals surface area (Å²) < 4.78 is 20.2. The number of carbonyl (C=O) groups excluding carboxylic acids is 1. The lowest BCUT2D eigenvalue weighted by molar-refractivity contribution is 0.102. The molecule has 0 spiro atoms. The van der Waals surface area contributed by atoms with Gasteiger partial charge < -0.3 is 10.1 Å². The average Bonchev–Trinajstić information content (AvgIpc) is 2.40. The molecule has 20 heavy (non-hydrogen) atoms. The van der Waals surface area contributed by atoms with Crippen molar-refractivity contribution >= 4 is 43.5 Å². The summed E-state index contributed by atoms with van der Waals surface area (Å²) >= 11 is 6.46. The molecular weight excluding hydrogens is 393 g/mol. The average molecular weight is 403 g/mol. The number of anilines is 1. The lowest BCUT2D eigenvalue weighted by Gasteiger charge is -2.09. The van der Waals surface area contributed by atoms with Crippen molar-refractivity contribution in [1.82, 2.24) is 0 Å². The van der Waals surface area contributed by atoms with Gasteiger partial charge in [-0.2, -0.15) is 0 Å². The van der Waals surface area contributed by atoms with Crippen LogP contribution < -0.4 is 10.1 Å². The number of methoxy groups -OCH3 is 1. The number of rotatable bonds is 3. The van der Waals surface area contributed by atoms with Crippen LogP contribution in [0.4, 0.5) is 10.1 Å². The van der Waals surface area contributed by atoms with Crippen LogP contribution in [0.15, 0.2) is 45.3 Å². The highest BCUT2D eigenvalue weighted by Crippen LogP contribution is 2.28. The molecular formula is C14H10Br2FNO2. The molecule has 6 heteroatoms. The van der Waals surface area contributed by atoms with Gasteiger partial charge in [0.1, 0.15) is 11.6 Å². The first-order valence-electron chi connectivity index (χ1n) is 5.61. The predicted molar refractivity (Wildman–Crippen MR) is 82.7 cm³/mol. The SMILES string of the molecule is COc1cc(NC(=O)c2ccc(Br)cc2F)ccc1Br. The summed E-state index contributed by atoms with van der Waals surface area (Å²) in [6, 6.07) is 9.37. The van der Waals surface area contributed by atoms with E-state index in [9.17, 15) is 9.18 Å². The lowest BCUT2D eigenvalue weighted by atomic mass is 10.2. The van der Waals surface area contributed by atoms with Crippen LogP contribution in [0.5, 0.6) is 5.75 Å². The number of ether oxygens (including phenoxy) is 1.